The molecular weight excluding hydrogens is 448 g/mol. The lowest BCUT2D eigenvalue weighted by Gasteiger charge is -2.27. The Morgan fingerprint density at radius 2 is 1.49 bits per heavy atom. The fourth-order valence-electron chi connectivity index (χ4n) is 4.08. The van der Waals surface area contributed by atoms with Gasteiger partial charge in [0.1, 0.15) is 0 Å². The largest absolute Gasteiger partial charge is 0.370 e. The quantitative estimate of drug-likeness (QED) is 0.411. The Bertz CT molecular complexity index is 1300. The second-order valence-corrected chi connectivity index (χ2v) is 8.14. The first-order chi connectivity index (χ1) is 16.9. The number of hydrogen-bond acceptors (Lipinski definition) is 5. The molecule has 0 bridgehead atoms. The lowest BCUT2D eigenvalue weighted by molar-refractivity contribution is -0.118. The SMILES string of the molecule is NC(=O)CCNC(=O)c1ccccc1NC(=O)CCCN1C(=O)c2cccc3cccc(c23)C1=O. The molecule has 4 N–H and O–H groups in total. The molecule has 0 fully saturated rings. The molecule has 35 heavy (non-hydrogen) atoms. The molecule has 0 radical (unpaired) electrons. The summed E-state index contributed by atoms with van der Waals surface area (Å²) >= 11 is 0. The minimum atomic E-state index is -0.530. The molecular formula is C26H24N4O5. The van der Waals surface area contributed by atoms with Gasteiger partial charge in [-0.1, -0.05) is 36.4 Å². The summed E-state index contributed by atoms with van der Waals surface area (Å²) in [7, 11) is 0. The zero-order valence-electron chi connectivity index (χ0n) is 18.9. The Hall–Kier alpha value is -4.53. The topological polar surface area (TPSA) is 139 Å². The smallest absolute Gasteiger partial charge is 0.261 e. The van der Waals surface area contributed by atoms with E-state index in [0.29, 0.717) is 22.2 Å². The zero-order chi connectivity index (χ0) is 24.9. The van der Waals surface area contributed by atoms with Crippen LogP contribution in [0.25, 0.3) is 10.8 Å². The van der Waals surface area contributed by atoms with Crippen molar-refractivity contribution in [2.45, 2.75) is 19.3 Å². The van der Waals surface area contributed by atoms with Gasteiger partial charge in [-0.3, -0.25) is 28.9 Å². The molecule has 0 aromatic heterocycles. The van der Waals surface area contributed by atoms with Crippen molar-refractivity contribution in [1.29, 1.82) is 0 Å². The van der Waals surface area contributed by atoms with Gasteiger partial charge in [-0.15, -0.1) is 0 Å². The summed E-state index contributed by atoms with van der Waals surface area (Å²) < 4.78 is 0. The van der Waals surface area contributed by atoms with Gasteiger partial charge in [0.2, 0.25) is 11.8 Å². The third-order valence-electron chi connectivity index (χ3n) is 5.74. The maximum Gasteiger partial charge on any atom is 0.261 e. The molecule has 0 aliphatic carbocycles. The summed E-state index contributed by atoms with van der Waals surface area (Å²) in [5.41, 5.74) is 6.59. The molecule has 178 valence electrons. The van der Waals surface area contributed by atoms with Crippen LogP contribution in [0.5, 0.6) is 0 Å². The Morgan fingerprint density at radius 3 is 2.14 bits per heavy atom. The average Bonchev–Trinajstić information content (AvgIpc) is 2.84. The van der Waals surface area contributed by atoms with E-state index in [0.717, 1.165) is 5.39 Å². The molecule has 9 heteroatoms. The van der Waals surface area contributed by atoms with Crippen LogP contribution >= 0.6 is 0 Å². The van der Waals surface area contributed by atoms with Crippen molar-refractivity contribution in [2.24, 2.45) is 5.73 Å². The van der Waals surface area contributed by atoms with Crippen LogP contribution in [0.1, 0.15) is 50.3 Å². The van der Waals surface area contributed by atoms with Gasteiger partial charge in [0, 0.05) is 42.4 Å². The summed E-state index contributed by atoms with van der Waals surface area (Å²) in [4.78, 5) is 62.9. The first-order valence-corrected chi connectivity index (χ1v) is 11.2. The number of benzene rings is 3. The van der Waals surface area contributed by atoms with Crippen LogP contribution in [0.4, 0.5) is 5.69 Å². The number of nitrogens with zero attached hydrogens (tertiary/aromatic N) is 1. The number of carbonyl (C=O) groups is 5. The molecule has 0 spiro atoms. The Balaban J connectivity index is 1.37. The first kappa shape index (κ1) is 23.6. The molecule has 0 saturated heterocycles. The lowest BCUT2D eigenvalue weighted by Crippen LogP contribution is -2.41. The van der Waals surface area contributed by atoms with Crippen molar-refractivity contribution < 1.29 is 24.0 Å². The van der Waals surface area contributed by atoms with Gasteiger partial charge in [-0.05, 0) is 36.1 Å². The van der Waals surface area contributed by atoms with E-state index in [1.54, 1.807) is 48.5 Å². The standard InChI is InChI=1S/C26H24N4O5/c27-21(31)13-14-28-24(33)17-8-1-2-11-20(17)29-22(32)12-5-15-30-25(34)18-9-3-6-16-7-4-10-19(23(16)18)26(30)35/h1-4,6-11H,5,12-15H2,(H2,27,31)(H,28,33)(H,29,32). The van der Waals surface area contributed by atoms with E-state index in [2.05, 4.69) is 10.6 Å². The van der Waals surface area contributed by atoms with Gasteiger partial charge < -0.3 is 16.4 Å². The summed E-state index contributed by atoms with van der Waals surface area (Å²) in [5, 5.41) is 6.77. The van der Waals surface area contributed by atoms with Gasteiger partial charge >= 0.3 is 0 Å². The average molecular weight is 473 g/mol. The van der Waals surface area contributed by atoms with Gasteiger partial charge in [-0.2, -0.15) is 0 Å². The first-order valence-electron chi connectivity index (χ1n) is 11.2. The van der Waals surface area contributed by atoms with Crippen LogP contribution in [-0.2, 0) is 9.59 Å². The van der Waals surface area contributed by atoms with E-state index < -0.39 is 11.8 Å². The van der Waals surface area contributed by atoms with Crippen LogP contribution in [0.15, 0.2) is 60.7 Å². The van der Waals surface area contributed by atoms with E-state index >= 15 is 0 Å². The number of nitrogens with one attached hydrogen (secondary N) is 2. The van der Waals surface area contributed by atoms with Crippen molar-refractivity contribution in [2.75, 3.05) is 18.4 Å². The van der Waals surface area contributed by atoms with Gasteiger partial charge in [0.05, 0.1) is 11.3 Å². The van der Waals surface area contributed by atoms with Crippen molar-refractivity contribution in [1.82, 2.24) is 10.2 Å². The summed E-state index contributed by atoms with van der Waals surface area (Å²) in [5.74, 6) is -2.09. The second-order valence-electron chi connectivity index (χ2n) is 8.14. The van der Waals surface area contributed by atoms with E-state index in [9.17, 15) is 24.0 Å². The van der Waals surface area contributed by atoms with Crippen LogP contribution in [0.2, 0.25) is 0 Å². The highest BCUT2D eigenvalue weighted by Gasteiger charge is 2.32. The van der Waals surface area contributed by atoms with Crippen molar-refractivity contribution in [3.8, 4) is 0 Å². The summed E-state index contributed by atoms with van der Waals surface area (Å²) in [6.45, 7) is 0.177. The molecule has 9 nitrogen and oxygen atoms in total. The number of rotatable bonds is 9. The molecule has 4 rings (SSSR count). The Kier molecular flexibility index (Phi) is 6.86. The predicted molar refractivity (Wildman–Crippen MR) is 130 cm³/mol. The van der Waals surface area contributed by atoms with Gasteiger partial charge in [-0.25, -0.2) is 0 Å². The Labute approximate surface area is 201 Å². The fraction of sp³-hybridized carbons (Fsp3) is 0.192. The maximum atomic E-state index is 13.0. The lowest BCUT2D eigenvalue weighted by atomic mass is 9.94. The minimum Gasteiger partial charge on any atom is -0.370 e. The van der Waals surface area contributed by atoms with Crippen LogP contribution in [0, 0.1) is 0 Å². The zero-order valence-corrected chi connectivity index (χ0v) is 18.9. The van der Waals surface area contributed by atoms with Crippen molar-refractivity contribution in [3.63, 3.8) is 0 Å². The monoisotopic (exact) mass is 472 g/mol. The summed E-state index contributed by atoms with van der Waals surface area (Å²) in [6, 6.07) is 17.2. The Morgan fingerprint density at radius 1 is 0.829 bits per heavy atom. The van der Waals surface area contributed by atoms with Crippen LogP contribution < -0.4 is 16.4 Å². The molecule has 1 aliphatic heterocycles. The fourth-order valence-corrected chi connectivity index (χ4v) is 4.08. The highest BCUT2D eigenvalue weighted by molar-refractivity contribution is 6.25. The van der Waals surface area contributed by atoms with Crippen molar-refractivity contribution in [3.05, 3.63) is 77.4 Å². The minimum absolute atomic E-state index is 0.00713. The molecule has 3 aromatic carbocycles. The van der Waals surface area contributed by atoms with Gasteiger partial charge in [0.15, 0.2) is 0 Å². The number of anilines is 1. The van der Waals surface area contributed by atoms with E-state index in [1.165, 1.54) is 4.90 Å². The normalized spacial score (nSPS) is 12.5. The molecule has 1 aliphatic rings. The number of imide groups is 1. The third-order valence-corrected chi connectivity index (χ3v) is 5.74. The number of hydrogen-bond donors (Lipinski definition) is 3. The summed E-state index contributed by atoms with van der Waals surface area (Å²) in [6.07, 6.45) is 0.308. The van der Waals surface area contributed by atoms with Gasteiger partial charge in [0.25, 0.3) is 17.7 Å². The molecule has 0 atom stereocenters. The number of para-hydroxylation sites is 1. The van der Waals surface area contributed by atoms with Crippen LogP contribution in [-0.4, -0.2) is 47.5 Å². The van der Waals surface area contributed by atoms with E-state index in [-0.39, 0.29) is 55.6 Å². The van der Waals surface area contributed by atoms with Crippen LogP contribution in [0.3, 0.4) is 0 Å². The molecule has 5 amide bonds. The predicted octanol–water partition coefficient (Wildman–Crippen LogP) is 2.46. The van der Waals surface area contributed by atoms with E-state index in [4.69, 9.17) is 5.73 Å². The molecule has 1 heterocycles. The molecule has 0 unspecified atom stereocenters. The number of amides is 5. The highest BCUT2D eigenvalue weighted by atomic mass is 16.2. The van der Waals surface area contributed by atoms with E-state index in [1.807, 2.05) is 12.1 Å². The third kappa shape index (κ3) is 5.03. The number of primary amides is 1. The van der Waals surface area contributed by atoms with Crippen molar-refractivity contribution >= 4 is 46.0 Å². The number of carbonyl (C=O) groups excluding carboxylic acids is 5. The highest BCUT2D eigenvalue weighted by Crippen LogP contribution is 2.30. The second kappa shape index (κ2) is 10.2. The number of nitrogens with two attached hydrogens (primary N) is 1. The maximum absolute atomic E-state index is 13.0. The molecule has 3 aromatic rings. The molecule has 0 saturated carbocycles.